The Bertz CT molecular complexity index is 1400. The van der Waals surface area contributed by atoms with Crippen LogP contribution in [0.4, 0.5) is 0 Å². The summed E-state index contributed by atoms with van der Waals surface area (Å²) in [6.45, 7) is 9.85. The first-order chi connectivity index (χ1) is 19.1. The van der Waals surface area contributed by atoms with E-state index in [4.69, 9.17) is 0 Å². The molecule has 0 spiro atoms. The second-order valence-electron chi connectivity index (χ2n) is 11.6. The SMILES string of the molecule is CCCCC1=C2CN(S(=O)(=O)c3ccc(C)cc3)C[C@@H]2[C@H]2CN(S(=O)(=O)c3ccc(C)cc3)CC2=C1CCCC. The van der Waals surface area contributed by atoms with Gasteiger partial charge in [-0.25, -0.2) is 16.8 Å². The van der Waals surface area contributed by atoms with Crippen molar-refractivity contribution in [1.29, 1.82) is 0 Å². The molecular formula is C32H42N2O4S2. The highest BCUT2D eigenvalue weighted by molar-refractivity contribution is 7.89. The fourth-order valence-corrected chi connectivity index (χ4v) is 9.47. The van der Waals surface area contributed by atoms with Crippen molar-refractivity contribution in [3.8, 4) is 0 Å². The van der Waals surface area contributed by atoms with Gasteiger partial charge in [0.25, 0.3) is 0 Å². The third-order valence-corrected chi connectivity index (χ3v) is 12.5. The van der Waals surface area contributed by atoms with Gasteiger partial charge in [0.05, 0.1) is 9.79 Å². The summed E-state index contributed by atoms with van der Waals surface area (Å²) in [5.74, 6) is 0.0105. The molecule has 2 saturated heterocycles. The van der Waals surface area contributed by atoms with Gasteiger partial charge in [0.1, 0.15) is 0 Å². The molecule has 0 radical (unpaired) electrons. The normalized spacial score (nSPS) is 22.2. The maximum Gasteiger partial charge on any atom is 0.243 e. The molecule has 0 bridgehead atoms. The predicted octanol–water partition coefficient (Wildman–Crippen LogP) is 6.23. The Morgan fingerprint density at radius 3 is 1.30 bits per heavy atom. The minimum Gasteiger partial charge on any atom is -0.207 e. The van der Waals surface area contributed by atoms with E-state index in [0.717, 1.165) is 49.7 Å². The summed E-state index contributed by atoms with van der Waals surface area (Å²) in [5.41, 5.74) is 7.10. The number of sulfonamides is 2. The molecular weight excluding hydrogens is 540 g/mol. The van der Waals surface area contributed by atoms with Crippen LogP contribution in [0.1, 0.15) is 63.5 Å². The molecule has 6 nitrogen and oxygen atoms in total. The molecule has 0 N–H and O–H groups in total. The first-order valence-electron chi connectivity index (χ1n) is 14.7. The van der Waals surface area contributed by atoms with Crippen molar-refractivity contribution in [2.45, 2.75) is 76.0 Å². The zero-order valence-electron chi connectivity index (χ0n) is 24.2. The van der Waals surface area contributed by atoms with E-state index in [1.54, 1.807) is 32.9 Å². The molecule has 216 valence electrons. The molecule has 5 rings (SSSR count). The maximum absolute atomic E-state index is 13.8. The lowest BCUT2D eigenvalue weighted by molar-refractivity contribution is 0.382. The highest BCUT2D eigenvalue weighted by Gasteiger charge is 2.49. The second kappa shape index (κ2) is 11.6. The molecule has 2 fully saturated rings. The van der Waals surface area contributed by atoms with E-state index in [-0.39, 0.29) is 11.8 Å². The Labute approximate surface area is 240 Å². The number of hydrogen-bond acceptors (Lipinski definition) is 4. The van der Waals surface area contributed by atoms with Crippen LogP contribution in [-0.2, 0) is 20.0 Å². The topological polar surface area (TPSA) is 74.8 Å². The van der Waals surface area contributed by atoms with Crippen LogP contribution in [-0.4, -0.2) is 51.6 Å². The van der Waals surface area contributed by atoms with E-state index in [0.29, 0.717) is 36.0 Å². The highest BCUT2D eigenvalue weighted by Crippen LogP contribution is 2.50. The molecule has 2 aromatic rings. The summed E-state index contributed by atoms with van der Waals surface area (Å²) in [4.78, 5) is 0.642. The van der Waals surface area contributed by atoms with Gasteiger partial charge in [-0.05, 0) is 86.1 Å². The molecule has 0 saturated carbocycles. The Morgan fingerprint density at radius 1 is 0.625 bits per heavy atom. The van der Waals surface area contributed by atoms with Gasteiger partial charge in [-0.2, -0.15) is 8.61 Å². The van der Waals surface area contributed by atoms with Gasteiger partial charge in [-0.3, -0.25) is 0 Å². The average molecular weight is 583 g/mol. The molecule has 2 aromatic carbocycles. The monoisotopic (exact) mass is 582 g/mol. The first kappa shape index (κ1) is 29.2. The van der Waals surface area contributed by atoms with Crippen molar-refractivity contribution < 1.29 is 16.8 Å². The Morgan fingerprint density at radius 2 is 0.975 bits per heavy atom. The van der Waals surface area contributed by atoms with Crippen LogP contribution >= 0.6 is 0 Å². The molecule has 8 heteroatoms. The minimum absolute atomic E-state index is 0.00525. The van der Waals surface area contributed by atoms with Crippen LogP contribution in [0.3, 0.4) is 0 Å². The van der Waals surface area contributed by atoms with E-state index in [9.17, 15) is 16.8 Å². The standard InChI is InChI=1S/C32H42N2O4S2/c1-5-7-9-27-28(10-8-6-2)30-20-34(40(37,38)26-17-13-24(4)14-18-26)22-32(30)31-21-33(19-29(27)31)39(35,36)25-15-11-23(3)12-16-25/h11-18,31-32H,5-10,19-22H2,1-4H3/t31-,32-/m0/s1. The van der Waals surface area contributed by atoms with Crippen LogP contribution in [0.5, 0.6) is 0 Å². The van der Waals surface area contributed by atoms with Crippen molar-refractivity contribution in [1.82, 2.24) is 8.61 Å². The van der Waals surface area contributed by atoms with Crippen LogP contribution in [0.2, 0.25) is 0 Å². The van der Waals surface area contributed by atoms with Gasteiger partial charge in [-0.1, -0.05) is 62.1 Å². The van der Waals surface area contributed by atoms with Gasteiger partial charge in [-0.15, -0.1) is 0 Å². The zero-order chi connectivity index (χ0) is 28.7. The lowest BCUT2D eigenvalue weighted by Crippen LogP contribution is -2.32. The van der Waals surface area contributed by atoms with Gasteiger partial charge in [0.15, 0.2) is 0 Å². The number of nitrogens with zero attached hydrogens (tertiary/aromatic N) is 2. The Balaban J connectivity index is 1.55. The summed E-state index contributed by atoms with van der Waals surface area (Å²) in [6.07, 6.45) is 6.02. The van der Waals surface area contributed by atoms with Crippen LogP contribution in [0.15, 0.2) is 80.6 Å². The fraction of sp³-hybridized carbons (Fsp3) is 0.500. The van der Waals surface area contributed by atoms with E-state index in [1.165, 1.54) is 22.3 Å². The number of rotatable bonds is 10. The number of benzene rings is 2. The van der Waals surface area contributed by atoms with Gasteiger partial charge in [0.2, 0.25) is 20.0 Å². The molecule has 3 aliphatic rings. The second-order valence-corrected chi connectivity index (χ2v) is 15.5. The maximum atomic E-state index is 13.8. The van der Waals surface area contributed by atoms with Crippen molar-refractivity contribution in [3.63, 3.8) is 0 Å². The van der Waals surface area contributed by atoms with E-state index < -0.39 is 20.0 Å². The van der Waals surface area contributed by atoms with Gasteiger partial charge < -0.3 is 0 Å². The number of allylic oxidation sites excluding steroid dienone is 2. The minimum atomic E-state index is -3.66. The Hall–Kier alpha value is -2.26. The molecule has 2 atom stereocenters. The quantitative estimate of drug-likeness (QED) is 0.333. The number of hydrogen-bond donors (Lipinski definition) is 0. The molecule has 2 heterocycles. The van der Waals surface area contributed by atoms with Crippen molar-refractivity contribution >= 4 is 20.0 Å². The van der Waals surface area contributed by atoms with E-state index in [1.807, 2.05) is 38.1 Å². The van der Waals surface area contributed by atoms with Crippen LogP contribution < -0.4 is 0 Å². The zero-order valence-corrected chi connectivity index (χ0v) is 25.8. The summed E-state index contributed by atoms with van der Waals surface area (Å²) < 4.78 is 58.4. The van der Waals surface area contributed by atoms with E-state index >= 15 is 0 Å². The third kappa shape index (κ3) is 5.36. The largest absolute Gasteiger partial charge is 0.243 e. The van der Waals surface area contributed by atoms with Gasteiger partial charge in [0, 0.05) is 38.0 Å². The van der Waals surface area contributed by atoms with Crippen molar-refractivity contribution in [2.24, 2.45) is 11.8 Å². The summed E-state index contributed by atoms with van der Waals surface area (Å²) >= 11 is 0. The molecule has 0 amide bonds. The molecule has 40 heavy (non-hydrogen) atoms. The predicted molar refractivity (Wildman–Crippen MR) is 160 cm³/mol. The molecule has 1 aliphatic carbocycles. The van der Waals surface area contributed by atoms with E-state index in [2.05, 4.69) is 13.8 Å². The smallest absolute Gasteiger partial charge is 0.207 e. The van der Waals surface area contributed by atoms with Crippen molar-refractivity contribution in [3.05, 3.63) is 82.0 Å². The first-order valence-corrected chi connectivity index (χ1v) is 17.5. The lowest BCUT2D eigenvalue weighted by atomic mass is 9.72. The van der Waals surface area contributed by atoms with Crippen molar-refractivity contribution in [2.75, 3.05) is 26.2 Å². The fourth-order valence-electron chi connectivity index (χ4n) is 6.58. The summed E-state index contributed by atoms with van der Waals surface area (Å²) in [5, 5.41) is 0. The lowest BCUT2D eigenvalue weighted by Gasteiger charge is -2.32. The van der Waals surface area contributed by atoms with Crippen LogP contribution in [0.25, 0.3) is 0 Å². The molecule has 0 unspecified atom stereocenters. The summed E-state index contributed by atoms with van der Waals surface area (Å²) in [6, 6.07) is 14.2. The number of aryl methyl sites for hydroxylation is 2. The summed E-state index contributed by atoms with van der Waals surface area (Å²) in [7, 11) is -7.32. The molecule has 0 aromatic heterocycles. The molecule has 2 aliphatic heterocycles. The highest BCUT2D eigenvalue weighted by atomic mass is 32.2. The van der Waals surface area contributed by atoms with Gasteiger partial charge >= 0.3 is 0 Å². The number of unbranched alkanes of at least 4 members (excludes halogenated alkanes) is 2. The Kier molecular flexibility index (Phi) is 8.44. The number of fused-ring (bicyclic) bond motifs is 3. The average Bonchev–Trinajstić information content (AvgIpc) is 3.57. The van der Waals surface area contributed by atoms with Crippen LogP contribution in [0, 0.1) is 25.7 Å². The third-order valence-electron chi connectivity index (χ3n) is 8.89.